The normalized spacial score (nSPS) is 16.5. The van der Waals surface area contributed by atoms with Crippen molar-refractivity contribution in [3.8, 4) is 0 Å². The molecule has 0 aliphatic heterocycles. The summed E-state index contributed by atoms with van der Waals surface area (Å²) in [7, 11) is 0. The van der Waals surface area contributed by atoms with Crippen molar-refractivity contribution in [1.82, 2.24) is 5.32 Å². The van der Waals surface area contributed by atoms with Crippen LogP contribution in [0.3, 0.4) is 0 Å². The molecule has 1 aliphatic carbocycles. The number of aryl methyl sites for hydroxylation is 2. The molecule has 0 unspecified atom stereocenters. The van der Waals surface area contributed by atoms with Gasteiger partial charge in [-0.25, -0.2) is 0 Å². The molecule has 3 heteroatoms. The summed E-state index contributed by atoms with van der Waals surface area (Å²) in [6, 6.07) is 3.06. The van der Waals surface area contributed by atoms with Gasteiger partial charge in [0.15, 0.2) is 0 Å². The lowest BCUT2D eigenvalue weighted by atomic mass is 9.87. The van der Waals surface area contributed by atoms with Gasteiger partial charge in [0.1, 0.15) is 0 Å². The minimum absolute atomic E-state index is 0.403. The molecule has 0 saturated heterocycles. The van der Waals surface area contributed by atoms with Gasteiger partial charge in [-0.15, -0.1) is 11.3 Å². The van der Waals surface area contributed by atoms with Crippen LogP contribution in [0.2, 0.25) is 0 Å². The SMILES string of the molecule is Cc1cc(Br)c(CCC(C)(C)CNC2CC2)s1. The van der Waals surface area contributed by atoms with E-state index in [1.807, 2.05) is 11.3 Å². The van der Waals surface area contributed by atoms with Crippen molar-refractivity contribution in [2.24, 2.45) is 5.41 Å². The number of hydrogen-bond acceptors (Lipinski definition) is 2. The Morgan fingerprint density at radius 3 is 2.71 bits per heavy atom. The van der Waals surface area contributed by atoms with Gasteiger partial charge in [0.25, 0.3) is 0 Å². The summed E-state index contributed by atoms with van der Waals surface area (Å²) in [6.45, 7) is 8.08. The fraction of sp³-hybridized carbons (Fsp3) is 0.714. The third-order valence-electron chi connectivity index (χ3n) is 3.36. The van der Waals surface area contributed by atoms with E-state index >= 15 is 0 Å². The minimum atomic E-state index is 0.403. The zero-order valence-electron chi connectivity index (χ0n) is 11.0. The van der Waals surface area contributed by atoms with Crippen LogP contribution >= 0.6 is 27.3 Å². The average molecular weight is 316 g/mol. The second-order valence-corrected chi connectivity index (χ2v) is 8.14. The van der Waals surface area contributed by atoms with Gasteiger partial charge in [-0.05, 0) is 60.0 Å². The highest BCUT2D eigenvalue weighted by molar-refractivity contribution is 9.10. The molecule has 1 nitrogen and oxygen atoms in total. The Labute approximate surface area is 117 Å². The highest BCUT2D eigenvalue weighted by Crippen LogP contribution is 2.31. The highest BCUT2D eigenvalue weighted by Gasteiger charge is 2.25. The van der Waals surface area contributed by atoms with Crippen LogP contribution < -0.4 is 5.32 Å². The first-order valence-corrected chi connectivity index (χ1v) is 8.05. The van der Waals surface area contributed by atoms with Crippen LogP contribution in [0.1, 0.15) is 42.9 Å². The maximum Gasteiger partial charge on any atom is 0.0317 e. The molecule has 2 rings (SSSR count). The number of halogens is 1. The molecule has 17 heavy (non-hydrogen) atoms. The van der Waals surface area contributed by atoms with Crippen molar-refractivity contribution < 1.29 is 0 Å². The van der Waals surface area contributed by atoms with Crippen LogP contribution in [0.15, 0.2) is 10.5 Å². The quantitative estimate of drug-likeness (QED) is 0.813. The van der Waals surface area contributed by atoms with Crippen LogP contribution in [-0.4, -0.2) is 12.6 Å². The van der Waals surface area contributed by atoms with E-state index < -0.39 is 0 Å². The van der Waals surface area contributed by atoms with E-state index in [9.17, 15) is 0 Å². The first-order valence-electron chi connectivity index (χ1n) is 6.44. The highest BCUT2D eigenvalue weighted by atomic mass is 79.9. The molecule has 0 aromatic carbocycles. The summed E-state index contributed by atoms with van der Waals surface area (Å²) >= 11 is 5.58. The summed E-state index contributed by atoms with van der Waals surface area (Å²) in [5, 5.41) is 3.64. The van der Waals surface area contributed by atoms with Gasteiger partial charge in [-0.2, -0.15) is 0 Å². The second kappa shape index (κ2) is 5.41. The van der Waals surface area contributed by atoms with Crippen LogP contribution in [0.5, 0.6) is 0 Å². The minimum Gasteiger partial charge on any atom is -0.313 e. The maximum absolute atomic E-state index is 3.65. The standard InChI is InChI=1S/C14H22BrNS/c1-10-8-12(15)13(17-10)6-7-14(2,3)9-16-11-4-5-11/h8,11,16H,4-7,9H2,1-3H3. The Bertz CT molecular complexity index is 380. The average Bonchev–Trinajstić information content (AvgIpc) is 3.00. The molecule has 0 spiro atoms. The Balaban J connectivity index is 1.80. The van der Waals surface area contributed by atoms with Crippen molar-refractivity contribution in [1.29, 1.82) is 0 Å². The van der Waals surface area contributed by atoms with Crippen molar-refractivity contribution in [2.45, 2.75) is 52.5 Å². The molecule has 1 aromatic heterocycles. The zero-order valence-corrected chi connectivity index (χ0v) is 13.4. The fourth-order valence-electron chi connectivity index (χ4n) is 1.95. The molecule has 1 aromatic rings. The van der Waals surface area contributed by atoms with E-state index in [1.54, 1.807) is 0 Å². The van der Waals surface area contributed by atoms with Crippen molar-refractivity contribution in [2.75, 3.05) is 6.54 Å². The van der Waals surface area contributed by atoms with Gasteiger partial charge in [0.05, 0.1) is 0 Å². The van der Waals surface area contributed by atoms with E-state index in [2.05, 4.69) is 48.1 Å². The lowest BCUT2D eigenvalue weighted by Gasteiger charge is -2.25. The van der Waals surface area contributed by atoms with Gasteiger partial charge in [0.2, 0.25) is 0 Å². The zero-order chi connectivity index (χ0) is 12.5. The largest absolute Gasteiger partial charge is 0.313 e. The Hall–Kier alpha value is 0.140. The Morgan fingerprint density at radius 2 is 2.18 bits per heavy atom. The summed E-state index contributed by atoms with van der Waals surface area (Å²) in [5.74, 6) is 0. The smallest absolute Gasteiger partial charge is 0.0317 e. The number of rotatable bonds is 6. The summed E-state index contributed by atoms with van der Waals surface area (Å²) < 4.78 is 1.30. The molecule has 0 amide bonds. The molecular formula is C14H22BrNS. The monoisotopic (exact) mass is 315 g/mol. The Morgan fingerprint density at radius 1 is 1.47 bits per heavy atom. The van der Waals surface area contributed by atoms with Crippen LogP contribution in [0.25, 0.3) is 0 Å². The molecule has 1 N–H and O–H groups in total. The van der Waals surface area contributed by atoms with Crippen molar-refractivity contribution in [3.05, 3.63) is 20.3 Å². The Kier molecular flexibility index (Phi) is 4.32. The molecule has 1 fully saturated rings. The molecule has 1 saturated carbocycles. The molecule has 0 bridgehead atoms. The van der Waals surface area contributed by atoms with Crippen LogP contribution in [0.4, 0.5) is 0 Å². The molecule has 0 atom stereocenters. The van der Waals surface area contributed by atoms with E-state index in [-0.39, 0.29) is 0 Å². The van der Waals surface area contributed by atoms with E-state index in [1.165, 1.54) is 39.9 Å². The maximum atomic E-state index is 3.65. The van der Waals surface area contributed by atoms with Gasteiger partial charge in [-0.3, -0.25) is 0 Å². The topological polar surface area (TPSA) is 12.0 Å². The van der Waals surface area contributed by atoms with Gasteiger partial charge < -0.3 is 5.32 Å². The van der Waals surface area contributed by atoms with Gasteiger partial charge >= 0.3 is 0 Å². The summed E-state index contributed by atoms with van der Waals surface area (Å²) in [5.41, 5.74) is 0.403. The van der Waals surface area contributed by atoms with Crippen LogP contribution in [-0.2, 0) is 6.42 Å². The van der Waals surface area contributed by atoms with E-state index in [4.69, 9.17) is 0 Å². The van der Waals surface area contributed by atoms with Gasteiger partial charge in [0, 0.05) is 26.8 Å². The summed E-state index contributed by atoms with van der Waals surface area (Å²) in [6.07, 6.45) is 5.21. The second-order valence-electron chi connectivity index (χ2n) is 5.95. The number of nitrogens with one attached hydrogen (secondary N) is 1. The number of hydrogen-bond donors (Lipinski definition) is 1. The molecular weight excluding hydrogens is 294 g/mol. The molecule has 96 valence electrons. The number of thiophene rings is 1. The van der Waals surface area contributed by atoms with Crippen molar-refractivity contribution in [3.63, 3.8) is 0 Å². The van der Waals surface area contributed by atoms with Crippen LogP contribution in [0, 0.1) is 12.3 Å². The lowest BCUT2D eigenvalue weighted by Crippen LogP contribution is -2.31. The predicted octanol–water partition coefficient (Wildman–Crippen LogP) is 4.53. The predicted molar refractivity (Wildman–Crippen MR) is 79.9 cm³/mol. The molecule has 1 aliphatic rings. The third kappa shape index (κ3) is 4.38. The lowest BCUT2D eigenvalue weighted by molar-refractivity contribution is 0.314. The first kappa shape index (κ1) is 13.6. The van der Waals surface area contributed by atoms with Gasteiger partial charge in [-0.1, -0.05) is 13.8 Å². The third-order valence-corrected chi connectivity index (χ3v) is 5.44. The summed E-state index contributed by atoms with van der Waals surface area (Å²) in [4.78, 5) is 2.91. The molecule has 1 heterocycles. The molecule has 0 radical (unpaired) electrons. The first-order chi connectivity index (χ1) is 7.96. The van der Waals surface area contributed by atoms with E-state index in [0.717, 1.165) is 12.6 Å². The van der Waals surface area contributed by atoms with Crippen molar-refractivity contribution >= 4 is 27.3 Å². The van der Waals surface area contributed by atoms with E-state index in [0.29, 0.717) is 5.41 Å². The fourth-order valence-corrected chi connectivity index (χ4v) is 3.81.